The van der Waals surface area contributed by atoms with Crippen LogP contribution in [-0.4, -0.2) is 68.9 Å². The van der Waals surface area contributed by atoms with E-state index in [1.165, 1.54) is 0 Å². The van der Waals surface area contributed by atoms with Gasteiger partial charge in [-0.3, -0.25) is 14.4 Å². The summed E-state index contributed by atoms with van der Waals surface area (Å²) in [5.74, 6) is 0.212. The van der Waals surface area contributed by atoms with Crippen molar-refractivity contribution in [3.63, 3.8) is 0 Å². The van der Waals surface area contributed by atoms with E-state index in [2.05, 4.69) is 10.00 Å². The van der Waals surface area contributed by atoms with Crippen molar-refractivity contribution < 1.29 is 9.90 Å². The fourth-order valence-electron chi connectivity index (χ4n) is 3.91. The number of amides is 1. The van der Waals surface area contributed by atoms with E-state index < -0.39 is 0 Å². The minimum absolute atomic E-state index is 0.178. The van der Waals surface area contributed by atoms with Crippen molar-refractivity contribution in [2.45, 2.75) is 58.2 Å². The highest BCUT2D eigenvalue weighted by Crippen LogP contribution is 2.25. The highest BCUT2D eigenvalue weighted by Gasteiger charge is 2.33. The number of aromatic nitrogens is 2. The molecule has 0 bridgehead atoms. The van der Waals surface area contributed by atoms with Crippen molar-refractivity contribution in [2.75, 3.05) is 26.2 Å². The first-order valence-corrected chi connectivity index (χ1v) is 8.75. The van der Waals surface area contributed by atoms with Crippen LogP contribution < -0.4 is 0 Å². The monoisotopic (exact) mass is 320 g/mol. The van der Waals surface area contributed by atoms with Crippen LogP contribution in [0.5, 0.6) is 0 Å². The molecular weight excluding hydrogens is 292 g/mol. The zero-order chi connectivity index (χ0) is 16.4. The van der Waals surface area contributed by atoms with Crippen molar-refractivity contribution in [1.29, 1.82) is 0 Å². The van der Waals surface area contributed by atoms with Gasteiger partial charge in [-0.1, -0.05) is 0 Å². The van der Waals surface area contributed by atoms with Crippen LogP contribution in [0, 0.1) is 13.8 Å². The Kier molecular flexibility index (Phi) is 5.02. The second-order valence-electron chi connectivity index (χ2n) is 6.88. The van der Waals surface area contributed by atoms with Crippen LogP contribution in [0.15, 0.2) is 6.07 Å². The molecule has 0 unspecified atom stereocenters. The molecule has 6 nitrogen and oxygen atoms in total. The minimum Gasteiger partial charge on any atom is -0.391 e. The van der Waals surface area contributed by atoms with Gasteiger partial charge in [0.05, 0.1) is 11.8 Å². The summed E-state index contributed by atoms with van der Waals surface area (Å²) in [6.07, 6.45) is 3.46. The van der Waals surface area contributed by atoms with Crippen LogP contribution >= 0.6 is 0 Å². The summed E-state index contributed by atoms with van der Waals surface area (Å²) in [5.41, 5.74) is 2.11. The molecule has 1 saturated heterocycles. The van der Waals surface area contributed by atoms with Crippen molar-refractivity contribution >= 4 is 5.91 Å². The van der Waals surface area contributed by atoms with Gasteiger partial charge in [-0.2, -0.15) is 5.10 Å². The van der Waals surface area contributed by atoms with E-state index in [0.29, 0.717) is 19.0 Å². The van der Waals surface area contributed by atoms with Gasteiger partial charge < -0.3 is 10.0 Å². The predicted molar refractivity (Wildman–Crippen MR) is 88.1 cm³/mol. The number of rotatable bonds is 4. The Bertz CT molecular complexity index is 549. The highest BCUT2D eigenvalue weighted by molar-refractivity contribution is 5.76. The van der Waals surface area contributed by atoms with Gasteiger partial charge in [0.1, 0.15) is 0 Å². The van der Waals surface area contributed by atoms with Gasteiger partial charge in [0.25, 0.3) is 0 Å². The predicted octanol–water partition coefficient (Wildman–Crippen LogP) is 0.948. The second-order valence-corrected chi connectivity index (χ2v) is 6.88. The molecule has 1 aromatic heterocycles. The molecule has 1 amide bonds. The molecule has 6 heteroatoms. The molecule has 3 rings (SSSR count). The lowest BCUT2D eigenvalue weighted by atomic mass is 10.1. The Labute approximate surface area is 138 Å². The molecule has 1 N–H and O–H groups in total. The first-order valence-electron chi connectivity index (χ1n) is 8.75. The number of aliphatic hydroxyl groups is 1. The van der Waals surface area contributed by atoms with Crippen LogP contribution in [0.3, 0.4) is 0 Å². The number of hydrogen-bond acceptors (Lipinski definition) is 4. The van der Waals surface area contributed by atoms with Crippen molar-refractivity contribution in [1.82, 2.24) is 19.6 Å². The SMILES string of the molecule is Cc1cc(C)n(CCC(=O)N2CCN([C@H]3CCC[C@@H]3O)CC2)n1. The summed E-state index contributed by atoms with van der Waals surface area (Å²) in [5, 5.41) is 14.4. The van der Waals surface area contributed by atoms with Crippen molar-refractivity contribution in [2.24, 2.45) is 0 Å². The fourth-order valence-corrected chi connectivity index (χ4v) is 3.91. The summed E-state index contributed by atoms with van der Waals surface area (Å²) >= 11 is 0. The highest BCUT2D eigenvalue weighted by atomic mass is 16.3. The second kappa shape index (κ2) is 7.01. The third kappa shape index (κ3) is 3.75. The Morgan fingerprint density at radius 3 is 2.57 bits per heavy atom. The summed E-state index contributed by atoms with van der Waals surface area (Å²) in [6.45, 7) is 7.97. The molecule has 23 heavy (non-hydrogen) atoms. The van der Waals surface area contributed by atoms with E-state index in [1.54, 1.807) is 0 Å². The van der Waals surface area contributed by atoms with Gasteiger partial charge in [0.15, 0.2) is 0 Å². The van der Waals surface area contributed by atoms with Crippen LogP contribution in [0.25, 0.3) is 0 Å². The van der Waals surface area contributed by atoms with Gasteiger partial charge in [-0.15, -0.1) is 0 Å². The van der Waals surface area contributed by atoms with Gasteiger partial charge in [0, 0.05) is 50.9 Å². The Morgan fingerprint density at radius 1 is 1.26 bits per heavy atom. The van der Waals surface area contributed by atoms with Crippen LogP contribution in [0.2, 0.25) is 0 Å². The smallest absolute Gasteiger partial charge is 0.224 e. The molecular formula is C17H28N4O2. The normalized spacial score (nSPS) is 26.0. The number of carbonyl (C=O) groups is 1. The third-order valence-electron chi connectivity index (χ3n) is 5.22. The molecule has 128 valence electrons. The summed E-state index contributed by atoms with van der Waals surface area (Å²) in [6, 6.07) is 2.35. The maximum absolute atomic E-state index is 12.4. The molecule has 2 heterocycles. The molecule has 2 aliphatic rings. The van der Waals surface area contributed by atoms with Crippen LogP contribution in [0.4, 0.5) is 0 Å². The van der Waals surface area contributed by atoms with Gasteiger partial charge in [-0.05, 0) is 39.2 Å². The average Bonchev–Trinajstić information content (AvgIpc) is 3.10. The quantitative estimate of drug-likeness (QED) is 0.897. The molecule has 0 spiro atoms. The number of carbonyl (C=O) groups excluding carboxylic acids is 1. The molecule has 1 saturated carbocycles. The number of hydrogen-bond donors (Lipinski definition) is 1. The maximum atomic E-state index is 12.4. The first-order chi connectivity index (χ1) is 11.0. The molecule has 1 aliphatic heterocycles. The lowest BCUT2D eigenvalue weighted by Gasteiger charge is -2.39. The fraction of sp³-hybridized carbons (Fsp3) is 0.765. The van der Waals surface area contributed by atoms with Gasteiger partial charge in [-0.25, -0.2) is 0 Å². The molecule has 2 fully saturated rings. The van der Waals surface area contributed by atoms with Gasteiger partial charge in [0.2, 0.25) is 5.91 Å². The number of aryl methyl sites for hydroxylation is 3. The number of piperazine rings is 1. The largest absolute Gasteiger partial charge is 0.391 e. The first kappa shape index (κ1) is 16.5. The number of nitrogens with zero attached hydrogens (tertiary/aromatic N) is 4. The molecule has 0 radical (unpaired) electrons. The Balaban J connectivity index is 1.45. The topological polar surface area (TPSA) is 61.6 Å². The molecule has 1 aliphatic carbocycles. The summed E-state index contributed by atoms with van der Waals surface area (Å²) in [4.78, 5) is 16.7. The van der Waals surface area contributed by atoms with Gasteiger partial charge >= 0.3 is 0 Å². The van der Waals surface area contributed by atoms with E-state index in [0.717, 1.165) is 56.8 Å². The summed E-state index contributed by atoms with van der Waals surface area (Å²) < 4.78 is 1.92. The molecule has 1 aromatic rings. The van der Waals surface area contributed by atoms with E-state index in [1.807, 2.05) is 29.5 Å². The zero-order valence-corrected chi connectivity index (χ0v) is 14.2. The van der Waals surface area contributed by atoms with Crippen molar-refractivity contribution in [3.8, 4) is 0 Å². The minimum atomic E-state index is -0.178. The number of aliphatic hydroxyl groups excluding tert-OH is 1. The van der Waals surface area contributed by atoms with E-state index in [4.69, 9.17) is 0 Å². The average molecular weight is 320 g/mol. The Hall–Kier alpha value is -1.40. The maximum Gasteiger partial charge on any atom is 0.224 e. The molecule has 2 atom stereocenters. The van der Waals surface area contributed by atoms with Crippen molar-refractivity contribution in [3.05, 3.63) is 17.5 Å². The van der Waals surface area contributed by atoms with Crippen LogP contribution in [-0.2, 0) is 11.3 Å². The van der Waals surface area contributed by atoms with E-state index in [9.17, 15) is 9.90 Å². The Morgan fingerprint density at radius 2 is 2.00 bits per heavy atom. The lowest BCUT2D eigenvalue weighted by Crippen LogP contribution is -2.53. The summed E-state index contributed by atoms with van der Waals surface area (Å²) in [7, 11) is 0. The van der Waals surface area contributed by atoms with E-state index in [-0.39, 0.29) is 12.0 Å². The third-order valence-corrected chi connectivity index (χ3v) is 5.22. The zero-order valence-electron chi connectivity index (χ0n) is 14.2. The van der Waals surface area contributed by atoms with E-state index >= 15 is 0 Å². The van der Waals surface area contributed by atoms with Crippen LogP contribution in [0.1, 0.15) is 37.1 Å². The molecule has 0 aromatic carbocycles. The lowest BCUT2D eigenvalue weighted by molar-refractivity contribution is -0.133. The standard InChI is InChI=1S/C17H28N4O2/c1-13-12-14(2)21(18-13)7-6-17(23)20-10-8-19(9-11-20)15-4-3-5-16(15)22/h12,15-16,22H,3-11H2,1-2H3/t15-,16-/m0/s1.